The topological polar surface area (TPSA) is 58.1 Å². The Morgan fingerprint density at radius 3 is 2.77 bits per heavy atom. The summed E-state index contributed by atoms with van der Waals surface area (Å²) >= 11 is 1.53. The van der Waals surface area contributed by atoms with Crippen molar-refractivity contribution in [3.05, 3.63) is 41.2 Å². The molecule has 0 bridgehead atoms. The summed E-state index contributed by atoms with van der Waals surface area (Å²) in [7, 11) is 1.77. The van der Waals surface area contributed by atoms with Crippen molar-refractivity contribution in [3.63, 3.8) is 0 Å². The Labute approximate surface area is 135 Å². The molecule has 0 aliphatic heterocycles. The molecule has 2 rings (SSSR count). The summed E-state index contributed by atoms with van der Waals surface area (Å²) in [5.74, 6) is 0.581. The zero-order valence-electron chi connectivity index (χ0n) is 13.4. The molecule has 22 heavy (non-hydrogen) atoms. The predicted molar refractivity (Wildman–Crippen MR) is 90.1 cm³/mol. The number of nitrogens with zero attached hydrogens (tertiary/aromatic N) is 3. The maximum Gasteiger partial charge on any atom is 0.323 e. The summed E-state index contributed by atoms with van der Waals surface area (Å²) in [6.45, 7) is 6.31. The molecule has 5 nitrogen and oxygen atoms in total. The Balaban J connectivity index is 1.98. The maximum atomic E-state index is 12.3. The molecule has 2 aromatic rings. The van der Waals surface area contributed by atoms with Crippen LogP contribution >= 0.6 is 11.3 Å². The molecule has 2 amide bonds. The first-order valence-electron chi connectivity index (χ1n) is 7.35. The second kappa shape index (κ2) is 7.35. The van der Waals surface area contributed by atoms with Crippen LogP contribution in [0, 0.1) is 5.92 Å². The van der Waals surface area contributed by atoms with Gasteiger partial charge in [0.25, 0.3) is 0 Å². The molecule has 118 valence electrons. The van der Waals surface area contributed by atoms with E-state index in [-0.39, 0.29) is 12.1 Å². The van der Waals surface area contributed by atoms with E-state index in [0.29, 0.717) is 11.0 Å². The van der Waals surface area contributed by atoms with Crippen LogP contribution in [0.2, 0.25) is 0 Å². The van der Waals surface area contributed by atoms with Crippen LogP contribution in [0.3, 0.4) is 0 Å². The van der Waals surface area contributed by atoms with Crippen LogP contribution in [0.5, 0.6) is 0 Å². The summed E-state index contributed by atoms with van der Waals surface area (Å²) in [6, 6.07) is 3.62. The fourth-order valence-corrected chi connectivity index (χ4v) is 3.08. The highest BCUT2D eigenvalue weighted by atomic mass is 32.1. The van der Waals surface area contributed by atoms with Gasteiger partial charge < -0.3 is 4.90 Å². The molecule has 0 aliphatic rings. The fraction of sp³-hybridized carbons (Fsp3) is 0.438. The van der Waals surface area contributed by atoms with Gasteiger partial charge in [0, 0.05) is 30.5 Å². The van der Waals surface area contributed by atoms with Gasteiger partial charge in [0.2, 0.25) is 0 Å². The molecule has 2 heterocycles. The number of carbonyl (C=O) groups is 1. The standard InChI is InChI=1S/C16H22N4OS/c1-11(2)8-14-10-18-15(22-14)19-16(21)20(4)12(3)13-6-5-7-17-9-13/h5-7,9-12H,8H2,1-4H3,(H,18,19,21). The smallest absolute Gasteiger partial charge is 0.321 e. The van der Waals surface area contributed by atoms with Crippen molar-refractivity contribution >= 4 is 22.5 Å². The molecule has 0 aliphatic carbocycles. The van der Waals surface area contributed by atoms with E-state index in [9.17, 15) is 4.79 Å². The quantitative estimate of drug-likeness (QED) is 0.907. The SMILES string of the molecule is CC(C)Cc1cnc(NC(=O)N(C)C(C)c2cccnc2)s1. The van der Waals surface area contributed by atoms with Gasteiger partial charge in [0.15, 0.2) is 5.13 Å². The van der Waals surface area contributed by atoms with Crippen LogP contribution in [0.25, 0.3) is 0 Å². The molecule has 0 saturated carbocycles. The van der Waals surface area contributed by atoms with Gasteiger partial charge in [-0.3, -0.25) is 10.3 Å². The molecule has 0 aromatic carbocycles. The minimum Gasteiger partial charge on any atom is -0.321 e. The lowest BCUT2D eigenvalue weighted by atomic mass is 10.1. The molecule has 0 radical (unpaired) electrons. The Kier molecular flexibility index (Phi) is 5.49. The molecule has 1 atom stereocenters. The van der Waals surface area contributed by atoms with E-state index in [4.69, 9.17) is 0 Å². The van der Waals surface area contributed by atoms with Crippen LogP contribution in [0.15, 0.2) is 30.7 Å². The average Bonchev–Trinajstić information content (AvgIpc) is 2.92. The summed E-state index contributed by atoms with van der Waals surface area (Å²) in [5.41, 5.74) is 1.000. The number of urea groups is 1. The number of pyridine rings is 1. The van der Waals surface area contributed by atoms with Crippen molar-refractivity contribution in [1.29, 1.82) is 0 Å². The third-order valence-electron chi connectivity index (χ3n) is 3.44. The number of rotatable bonds is 5. The highest BCUT2D eigenvalue weighted by Gasteiger charge is 2.18. The largest absolute Gasteiger partial charge is 0.323 e. The van der Waals surface area contributed by atoms with Crippen LogP contribution in [0.1, 0.15) is 37.3 Å². The van der Waals surface area contributed by atoms with E-state index in [1.54, 1.807) is 24.3 Å². The minimum absolute atomic E-state index is 0.0520. The van der Waals surface area contributed by atoms with E-state index in [1.807, 2.05) is 25.3 Å². The second-order valence-electron chi connectivity index (χ2n) is 5.73. The van der Waals surface area contributed by atoms with E-state index >= 15 is 0 Å². The van der Waals surface area contributed by atoms with Gasteiger partial charge in [0.05, 0.1) is 6.04 Å². The number of thiazole rings is 1. The minimum atomic E-state index is -0.165. The van der Waals surface area contributed by atoms with Gasteiger partial charge in [0.1, 0.15) is 0 Å². The first-order valence-corrected chi connectivity index (χ1v) is 8.17. The average molecular weight is 318 g/mol. The molecule has 2 aromatic heterocycles. The normalized spacial score (nSPS) is 12.2. The zero-order valence-corrected chi connectivity index (χ0v) is 14.2. The van der Waals surface area contributed by atoms with Gasteiger partial charge in [-0.2, -0.15) is 0 Å². The van der Waals surface area contributed by atoms with Gasteiger partial charge in [-0.05, 0) is 30.9 Å². The Hall–Kier alpha value is -1.95. The van der Waals surface area contributed by atoms with E-state index in [1.165, 1.54) is 16.2 Å². The first kappa shape index (κ1) is 16.4. The molecule has 0 saturated heterocycles. The molecule has 0 spiro atoms. The first-order chi connectivity index (χ1) is 10.5. The van der Waals surface area contributed by atoms with E-state index < -0.39 is 0 Å². The number of anilines is 1. The zero-order chi connectivity index (χ0) is 16.1. The van der Waals surface area contributed by atoms with Crippen LogP contribution < -0.4 is 5.32 Å². The lowest BCUT2D eigenvalue weighted by molar-refractivity contribution is 0.208. The molecule has 6 heteroatoms. The fourth-order valence-electron chi connectivity index (χ4n) is 2.06. The molecule has 1 N–H and O–H groups in total. The monoisotopic (exact) mass is 318 g/mol. The molecular weight excluding hydrogens is 296 g/mol. The number of hydrogen-bond donors (Lipinski definition) is 1. The predicted octanol–water partition coefficient (Wildman–Crippen LogP) is 3.96. The Bertz CT molecular complexity index is 612. The number of amides is 2. The molecule has 0 fully saturated rings. The van der Waals surface area contributed by atoms with E-state index in [0.717, 1.165) is 12.0 Å². The lowest BCUT2D eigenvalue weighted by Gasteiger charge is -2.24. The number of carbonyl (C=O) groups excluding carboxylic acids is 1. The Morgan fingerprint density at radius 2 is 2.14 bits per heavy atom. The van der Waals surface area contributed by atoms with Gasteiger partial charge >= 0.3 is 6.03 Å². The molecule has 1 unspecified atom stereocenters. The molecular formula is C16H22N4OS. The van der Waals surface area contributed by atoms with Crippen molar-refractivity contribution in [3.8, 4) is 0 Å². The van der Waals surface area contributed by atoms with E-state index in [2.05, 4.69) is 29.1 Å². The van der Waals surface area contributed by atoms with Crippen molar-refractivity contribution in [2.24, 2.45) is 5.92 Å². The number of aromatic nitrogens is 2. The third kappa shape index (κ3) is 4.27. The van der Waals surface area contributed by atoms with Crippen LogP contribution in [-0.2, 0) is 6.42 Å². The van der Waals surface area contributed by atoms with Gasteiger partial charge in [-0.25, -0.2) is 9.78 Å². The van der Waals surface area contributed by atoms with Crippen molar-refractivity contribution in [1.82, 2.24) is 14.9 Å². The van der Waals surface area contributed by atoms with Gasteiger partial charge in [-0.1, -0.05) is 19.9 Å². The van der Waals surface area contributed by atoms with Crippen molar-refractivity contribution in [2.75, 3.05) is 12.4 Å². The van der Waals surface area contributed by atoms with Crippen molar-refractivity contribution in [2.45, 2.75) is 33.2 Å². The summed E-state index contributed by atoms with van der Waals surface area (Å²) in [5, 5.41) is 3.50. The second-order valence-corrected chi connectivity index (χ2v) is 6.85. The lowest BCUT2D eigenvalue weighted by Crippen LogP contribution is -2.33. The van der Waals surface area contributed by atoms with Gasteiger partial charge in [-0.15, -0.1) is 11.3 Å². The summed E-state index contributed by atoms with van der Waals surface area (Å²) in [6.07, 6.45) is 6.32. The Morgan fingerprint density at radius 1 is 1.36 bits per heavy atom. The van der Waals surface area contributed by atoms with Crippen molar-refractivity contribution < 1.29 is 4.79 Å². The summed E-state index contributed by atoms with van der Waals surface area (Å²) in [4.78, 5) is 23.5. The number of hydrogen-bond acceptors (Lipinski definition) is 4. The third-order valence-corrected chi connectivity index (χ3v) is 4.38. The highest BCUT2D eigenvalue weighted by Crippen LogP contribution is 2.23. The van der Waals surface area contributed by atoms with Crippen LogP contribution in [0.4, 0.5) is 9.93 Å². The summed E-state index contributed by atoms with van der Waals surface area (Å²) < 4.78 is 0. The maximum absolute atomic E-state index is 12.3. The van der Waals surface area contributed by atoms with Crippen LogP contribution in [-0.4, -0.2) is 27.9 Å². The number of nitrogens with one attached hydrogen (secondary N) is 1. The highest BCUT2D eigenvalue weighted by molar-refractivity contribution is 7.15.